The predicted molar refractivity (Wildman–Crippen MR) is 65.5 cm³/mol. The van der Waals surface area contributed by atoms with Gasteiger partial charge in [-0.2, -0.15) is 0 Å². The van der Waals surface area contributed by atoms with Crippen molar-refractivity contribution in [1.82, 2.24) is 9.59 Å². The molecule has 3 nitrogen and oxygen atoms in total. The molecule has 1 aromatic rings. The Hall–Kier alpha value is -0.740. The van der Waals surface area contributed by atoms with E-state index in [9.17, 15) is 5.11 Å². The van der Waals surface area contributed by atoms with Gasteiger partial charge in [-0.3, -0.25) is 0 Å². The minimum atomic E-state index is -0.474. The van der Waals surface area contributed by atoms with Gasteiger partial charge in [-0.15, -0.1) is 5.10 Å². The molecule has 0 aliphatic heterocycles. The molecule has 1 heterocycles. The average molecular weight is 238 g/mol. The van der Waals surface area contributed by atoms with Crippen molar-refractivity contribution >= 4 is 11.5 Å². The van der Waals surface area contributed by atoms with Gasteiger partial charge in [0, 0.05) is 0 Å². The average Bonchev–Trinajstić information content (AvgIpc) is 2.78. The number of rotatable bonds is 3. The molecule has 1 aromatic heterocycles. The molecule has 1 unspecified atom stereocenters. The van der Waals surface area contributed by atoms with Crippen molar-refractivity contribution in [3.05, 3.63) is 22.2 Å². The molecule has 0 bridgehead atoms. The van der Waals surface area contributed by atoms with Crippen LogP contribution in [0.1, 0.15) is 62.1 Å². The molecule has 2 rings (SSSR count). The summed E-state index contributed by atoms with van der Waals surface area (Å²) >= 11 is 1.33. The van der Waals surface area contributed by atoms with E-state index < -0.39 is 6.10 Å². The molecule has 0 amide bonds. The second kappa shape index (κ2) is 5.06. The summed E-state index contributed by atoms with van der Waals surface area (Å²) in [5.74, 6) is 0.326. The number of aromatic nitrogens is 2. The standard InChI is InChI=1S/C12H18N2OS/c1-8(2)10-12(16-14-13-10)11(15)9-6-4-3-5-7-9/h6,8,11,15H,3-5,7H2,1-2H3. The van der Waals surface area contributed by atoms with Crippen LogP contribution in [-0.2, 0) is 0 Å². The zero-order valence-corrected chi connectivity index (χ0v) is 10.6. The lowest BCUT2D eigenvalue weighted by Gasteiger charge is -2.18. The van der Waals surface area contributed by atoms with Crippen LogP contribution in [0.15, 0.2) is 11.6 Å². The molecule has 1 N–H and O–H groups in total. The Balaban J connectivity index is 2.22. The van der Waals surface area contributed by atoms with Gasteiger partial charge in [0.1, 0.15) is 6.10 Å². The Labute approximate surface area is 100 Å². The van der Waals surface area contributed by atoms with Crippen molar-refractivity contribution < 1.29 is 5.11 Å². The van der Waals surface area contributed by atoms with Crippen LogP contribution in [0.4, 0.5) is 0 Å². The fraction of sp³-hybridized carbons (Fsp3) is 0.667. The van der Waals surface area contributed by atoms with Gasteiger partial charge >= 0.3 is 0 Å². The monoisotopic (exact) mass is 238 g/mol. The van der Waals surface area contributed by atoms with Crippen LogP contribution in [0.25, 0.3) is 0 Å². The van der Waals surface area contributed by atoms with E-state index in [4.69, 9.17) is 0 Å². The van der Waals surface area contributed by atoms with Crippen molar-refractivity contribution in [3.63, 3.8) is 0 Å². The van der Waals surface area contributed by atoms with E-state index in [2.05, 4.69) is 29.5 Å². The van der Waals surface area contributed by atoms with Gasteiger partial charge in [-0.05, 0) is 48.7 Å². The van der Waals surface area contributed by atoms with E-state index >= 15 is 0 Å². The van der Waals surface area contributed by atoms with Gasteiger partial charge in [0.15, 0.2) is 0 Å². The summed E-state index contributed by atoms with van der Waals surface area (Å²) in [4.78, 5) is 0.933. The highest BCUT2D eigenvalue weighted by molar-refractivity contribution is 7.05. The second-order valence-corrected chi connectivity index (χ2v) is 5.39. The normalized spacial score (nSPS) is 18.6. The lowest BCUT2D eigenvalue weighted by atomic mass is 9.93. The number of allylic oxidation sites excluding steroid dienone is 1. The van der Waals surface area contributed by atoms with Crippen molar-refractivity contribution in [2.24, 2.45) is 0 Å². The molecule has 0 radical (unpaired) electrons. The van der Waals surface area contributed by atoms with Crippen LogP contribution < -0.4 is 0 Å². The Morgan fingerprint density at radius 1 is 1.38 bits per heavy atom. The highest BCUT2D eigenvalue weighted by Crippen LogP contribution is 2.34. The van der Waals surface area contributed by atoms with Crippen molar-refractivity contribution in [1.29, 1.82) is 0 Å². The third-order valence-electron chi connectivity index (χ3n) is 3.01. The maximum Gasteiger partial charge on any atom is 0.113 e. The van der Waals surface area contributed by atoms with Gasteiger partial charge in [0.25, 0.3) is 0 Å². The summed E-state index contributed by atoms with van der Waals surface area (Å²) in [5.41, 5.74) is 2.10. The van der Waals surface area contributed by atoms with Crippen molar-refractivity contribution in [2.45, 2.75) is 51.6 Å². The largest absolute Gasteiger partial charge is 0.383 e. The van der Waals surface area contributed by atoms with Gasteiger partial charge in [0.05, 0.1) is 10.6 Å². The number of hydrogen-bond donors (Lipinski definition) is 1. The third kappa shape index (κ3) is 2.33. The Bertz CT molecular complexity index is 384. The zero-order chi connectivity index (χ0) is 11.5. The fourth-order valence-corrected chi connectivity index (χ4v) is 2.91. The highest BCUT2D eigenvalue weighted by Gasteiger charge is 2.22. The van der Waals surface area contributed by atoms with E-state index in [1.165, 1.54) is 24.4 Å². The van der Waals surface area contributed by atoms with Crippen LogP contribution in [0.5, 0.6) is 0 Å². The van der Waals surface area contributed by atoms with Gasteiger partial charge in [-0.25, -0.2) is 0 Å². The minimum absolute atomic E-state index is 0.326. The first-order valence-corrected chi connectivity index (χ1v) is 6.66. The summed E-state index contributed by atoms with van der Waals surface area (Å²) in [5, 5.41) is 14.4. The topological polar surface area (TPSA) is 46.0 Å². The molecule has 0 saturated heterocycles. The molecule has 1 aliphatic carbocycles. The first-order valence-electron chi connectivity index (χ1n) is 5.89. The molecular formula is C12H18N2OS. The Morgan fingerprint density at radius 3 is 2.81 bits per heavy atom. The van der Waals surface area contributed by atoms with E-state index in [1.807, 2.05) is 0 Å². The third-order valence-corrected chi connectivity index (χ3v) is 3.81. The molecular weight excluding hydrogens is 220 g/mol. The molecule has 88 valence electrons. The lowest BCUT2D eigenvalue weighted by Crippen LogP contribution is -2.06. The summed E-state index contributed by atoms with van der Waals surface area (Å²) in [6, 6.07) is 0. The maximum atomic E-state index is 10.3. The molecule has 16 heavy (non-hydrogen) atoms. The molecule has 1 atom stereocenters. The summed E-state index contributed by atoms with van der Waals surface area (Å²) in [6.45, 7) is 4.17. The predicted octanol–water partition coefficient (Wildman–Crippen LogP) is 3.20. The van der Waals surface area contributed by atoms with E-state index in [-0.39, 0.29) is 0 Å². The fourth-order valence-electron chi connectivity index (χ4n) is 2.07. The van der Waals surface area contributed by atoms with Crippen molar-refractivity contribution in [3.8, 4) is 0 Å². The zero-order valence-electron chi connectivity index (χ0n) is 9.81. The SMILES string of the molecule is CC(C)c1nnsc1C(O)C1=CCCCC1. The van der Waals surface area contributed by atoms with Gasteiger partial charge in [-0.1, -0.05) is 24.4 Å². The number of aliphatic hydroxyl groups excluding tert-OH is 1. The lowest BCUT2D eigenvalue weighted by molar-refractivity contribution is 0.210. The first-order chi connectivity index (χ1) is 7.70. The first kappa shape index (κ1) is 11.7. The molecule has 0 fully saturated rings. The highest BCUT2D eigenvalue weighted by atomic mass is 32.1. The van der Waals surface area contributed by atoms with Crippen LogP contribution in [0.2, 0.25) is 0 Å². The smallest absolute Gasteiger partial charge is 0.113 e. The maximum absolute atomic E-state index is 10.3. The molecule has 4 heteroatoms. The summed E-state index contributed by atoms with van der Waals surface area (Å²) < 4.78 is 3.96. The van der Waals surface area contributed by atoms with E-state index in [1.54, 1.807) is 0 Å². The summed E-state index contributed by atoms with van der Waals surface area (Å²) in [7, 11) is 0. The molecule has 0 aromatic carbocycles. The number of hydrogen-bond acceptors (Lipinski definition) is 4. The quantitative estimate of drug-likeness (QED) is 0.823. The van der Waals surface area contributed by atoms with E-state index in [0.717, 1.165) is 29.0 Å². The van der Waals surface area contributed by atoms with Gasteiger partial charge < -0.3 is 5.11 Å². The number of nitrogens with zero attached hydrogens (tertiary/aromatic N) is 2. The Kier molecular flexibility index (Phi) is 3.71. The molecule has 1 aliphatic rings. The molecule has 0 spiro atoms. The minimum Gasteiger partial charge on any atom is -0.383 e. The molecule has 0 saturated carbocycles. The second-order valence-electron chi connectivity index (χ2n) is 4.60. The van der Waals surface area contributed by atoms with Crippen molar-refractivity contribution in [2.75, 3.05) is 0 Å². The van der Waals surface area contributed by atoms with Gasteiger partial charge in [0.2, 0.25) is 0 Å². The number of aliphatic hydroxyl groups is 1. The summed E-state index contributed by atoms with van der Waals surface area (Å²) in [6.07, 6.45) is 6.24. The Morgan fingerprint density at radius 2 is 2.19 bits per heavy atom. The van der Waals surface area contributed by atoms with Crippen LogP contribution in [0, 0.1) is 0 Å². The van der Waals surface area contributed by atoms with Crippen LogP contribution in [-0.4, -0.2) is 14.7 Å². The van der Waals surface area contributed by atoms with Crippen LogP contribution >= 0.6 is 11.5 Å². The van der Waals surface area contributed by atoms with E-state index in [0.29, 0.717) is 5.92 Å². The van der Waals surface area contributed by atoms with Crippen LogP contribution in [0.3, 0.4) is 0 Å².